The monoisotopic (exact) mass is 348 g/mol. The van der Waals surface area contributed by atoms with Crippen LogP contribution in [0, 0.1) is 5.82 Å². The molecule has 2 aromatic rings. The van der Waals surface area contributed by atoms with Gasteiger partial charge < -0.3 is 15.0 Å². The zero-order chi connectivity index (χ0) is 17.1. The van der Waals surface area contributed by atoms with Crippen LogP contribution in [-0.2, 0) is 16.1 Å². The number of carbonyl (C=O) groups excluding carboxylic acids is 2. The van der Waals surface area contributed by atoms with Crippen molar-refractivity contribution in [2.45, 2.75) is 6.54 Å². The molecular weight excluding hydrogens is 335 g/mol. The predicted octanol–water partition coefficient (Wildman–Crippen LogP) is 2.93. The van der Waals surface area contributed by atoms with Gasteiger partial charge in [-0.1, -0.05) is 18.2 Å². The van der Waals surface area contributed by atoms with Gasteiger partial charge in [0.1, 0.15) is 17.4 Å². The summed E-state index contributed by atoms with van der Waals surface area (Å²) in [5.74, 6) is -0.711. The van der Waals surface area contributed by atoms with Crippen LogP contribution in [0.4, 0.5) is 15.8 Å². The SMILES string of the molecule is O=C(CCl)Nc1ccc2c(c1)N(Cc1ccccc1F)C(=O)CO2. The van der Waals surface area contributed by atoms with E-state index in [9.17, 15) is 14.0 Å². The normalized spacial score (nSPS) is 13.2. The van der Waals surface area contributed by atoms with E-state index < -0.39 is 0 Å². The summed E-state index contributed by atoms with van der Waals surface area (Å²) in [6, 6.07) is 11.2. The first-order valence-corrected chi connectivity index (χ1v) is 7.78. The average molecular weight is 349 g/mol. The van der Waals surface area contributed by atoms with Crippen molar-refractivity contribution in [3.63, 3.8) is 0 Å². The van der Waals surface area contributed by atoms with Crippen LogP contribution < -0.4 is 15.0 Å². The van der Waals surface area contributed by atoms with Gasteiger partial charge in [0.05, 0.1) is 12.2 Å². The highest BCUT2D eigenvalue weighted by Crippen LogP contribution is 2.35. The number of alkyl halides is 1. The minimum absolute atomic E-state index is 0.0781. The summed E-state index contributed by atoms with van der Waals surface area (Å²) in [7, 11) is 0. The molecule has 24 heavy (non-hydrogen) atoms. The number of benzene rings is 2. The molecule has 0 fully saturated rings. The maximum atomic E-state index is 13.9. The van der Waals surface area contributed by atoms with Crippen LogP contribution >= 0.6 is 11.6 Å². The number of halogens is 2. The van der Waals surface area contributed by atoms with Gasteiger partial charge in [-0.2, -0.15) is 0 Å². The Labute approximate surface area is 143 Å². The van der Waals surface area contributed by atoms with E-state index >= 15 is 0 Å². The standard InChI is InChI=1S/C17H14ClFN2O3/c18-8-16(22)20-12-5-6-15-14(7-12)21(17(23)10-24-15)9-11-3-1-2-4-13(11)19/h1-7H,8-10H2,(H,20,22). The lowest BCUT2D eigenvalue weighted by Gasteiger charge is -2.30. The van der Waals surface area contributed by atoms with Gasteiger partial charge in [-0.15, -0.1) is 11.6 Å². The smallest absolute Gasteiger partial charge is 0.265 e. The van der Waals surface area contributed by atoms with E-state index in [1.54, 1.807) is 36.4 Å². The molecule has 0 radical (unpaired) electrons. The Hall–Kier alpha value is -2.60. The van der Waals surface area contributed by atoms with Crippen molar-refractivity contribution < 1.29 is 18.7 Å². The molecule has 7 heteroatoms. The van der Waals surface area contributed by atoms with Crippen molar-refractivity contribution in [3.8, 4) is 5.75 Å². The van der Waals surface area contributed by atoms with Gasteiger partial charge in [0.25, 0.3) is 5.91 Å². The topological polar surface area (TPSA) is 58.6 Å². The Morgan fingerprint density at radius 1 is 1.29 bits per heavy atom. The second-order valence-electron chi connectivity index (χ2n) is 5.22. The van der Waals surface area contributed by atoms with Crippen molar-refractivity contribution in [1.29, 1.82) is 0 Å². The van der Waals surface area contributed by atoms with E-state index in [0.717, 1.165) is 0 Å². The molecule has 5 nitrogen and oxygen atoms in total. The summed E-state index contributed by atoms with van der Waals surface area (Å²) in [4.78, 5) is 25.1. The number of ether oxygens (including phenoxy) is 1. The summed E-state index contributed by atoms with van der Waals surface area (Å²) < 4.78 is 19.3. The fourth-order valence-electron chi connectivity index (χ4n) is 2.44. The van der Waals surface area contributed by atoms with Crippen LogP contribution in [0.5, 0.6) is 5.75 Å². The van der Waals surface area contributed by atoms with Crippen LogP contribution in [-0.4, -0.2) is 24.3 Å². The Bertz CT molecular complexity index is 797. The third kappa shape index (κ3) is 3.33. The van der Waals surface area contributed by atoms with E-state index in [4.69, 9.17) is 16.3 Å². The van der Waals surface area contributed by atoms with Gasteiger partial charge >= 0.3 is 0 Å². The largest absolute Gasteiger partial charge is 0.482 e. The lowest BCUT2D eigenvalue weighted by Crippen LogP contribution is -2.38. The lowest BCUT2D eigenvalue weighted by molar-refractivity contribution is -0.121. The molecule has 0 spiro atoms. The summed E-state index contributed by atoms with van der Waals surface area (Å²) in [5.41, 5.74) is 1.35. The van der Waals surface area contributed by atoms with Crippen molar-refractivity contribution in [2.75, 3.05) is 22.7 Å². The lowest BCUT2D eigenvalue weighted by atomic mass is 10.1. The first kappa shape index (κ1) is 16.3. The molecule has 1 aliphatic rings. The van der Waals surface area contributed by atoms with Crippen molar-refractivity contribution in [2.24, 2.45) is 0 Å². The Kier molecular flexibility index (Phi) is 4.66. The first-order valence-electron chi connectivity index (χ1n) is 7.25. The molecule has 0 aromatic heterocycles. The van der Waals surface area contributed by atoms with Gasteiger partial charge in [0.2, 0.25) is 5.91 Å². The molecule has 0 atom stereocenters. The molecule has 0 unspecified atom stereocenters. The van der Waals surface area contributed by atoms with Gasteiger partial charge in [-0.3, -0.25) is 9.59 Å². The first-order chi connectivity index (χ1) is 11.6. The Morgan fingerprint density at radius 2 is 2.08 bits per heavy atom. The quantitative estimate of drug-likeness (QED) is 0.864. The maximum Gasteiger partial charge on any atom is 0.265 e. The van der Waals surface area contributed by atoms with Crippen LogP contribution in [0.15, 0.2) is 42.5 Å². The van der Waals surface area contributed by atoms with Crippen LogP contribution in [0.1, 0.15) is 5.56 Å². The van der Waals surface area contributed by atoms with Crippen LogP contribution in [0.3, 0.4) is 0 Å². The summed E-state index contributed by atoms with van der Waals surface area (Å²) in [6.45, 7) is -0.0381. The molecular formula is C17H14ClFN2O3. The van der Waals surface area contributed by atoms with Gasteiger partial charge in [-0.25, -0.2) is 4.39 Å². The number of nitrogens with one attached hydrogen (secondary N) is 1. The van der Waals surface area contributed by atoms with Crippen molar-refractivity contribution in [1.82, 2.24) is 0 Å². The molecule has 1 N–H and O–H groups in total. The second kappa shape index (κ2) is 6.88. The van der Waals surface area contributed by atoms with E-state index in [0.29, 0.717) is 22.7 Å². The highest BCUT2D eigenvalue weighted by Gasteiger charge is 2.26. The van der Waals surface area contributed by atoms with E-state index in [2.05, 4.69) is 5.32 Å². The summed E-state index contributed by atoms with van der Waals surface area (Å²) in [5, 5.41) is 2.61. The third-order valence-corrected chi connectivity index (χ3v) is 3.84. The molecule has 1 aliphatic heterocycles. The van der Waals surface area contributed by atoms with E-state index in [-0.39, 0.29) is 36.7 Å². The number of rotatable bonds is 4. The molecule has 0 aliphatic carbocycles. The van der Waals surface area contributed by atoms with Gasteiger partial charge in [0, 0.05) is 11.3 Å². The number of hydrogen-bond acceptors (Lipinski definition) is 3. The van der Waals surface area contributed by atoms with Crippen molar-refractivity contribution >= 4 is 34.8 Å². The summed E-state index contributed by atoms with van der Waals surface area (Å²) in [6.07, 6.45) is 0. The molecule has 2 aromatic carbocycles. The molecule has 124 valence electrons. The highest BCUT2D eigenvalue weighted by molar-refractivity contribution is 6.29. The molecule has 3 rings (SSSR count). The fraction of sp³-hybridized carbons (Fsp3) is 0.176. The second-order valence-corrected chi connectivity index (χ2v) is 5.49. The van der Waals surface area contributed by atoms with E-state index in [1.807, 2.05) is 0 Å². The molecule has 0 saturated carbocycles. The minimum Gasteiger partial charge on any atom is -0.482 e. The van der Waals surface area contributed by atoms with E-state index in [1.165, 1.54) is 11.0 Å². The number of hydrogen-bond donors (Lipinski definition) is 1. The third-order valence-electron chi connectivity index (χ3n) is 3.59. The number of amides is 2. The predicted molar refractivity (Wildman–Crippen MR) is 88.9 cm³/mol. The van der Waals surface area contributed by atoms with Crippen molar-refractivity contribution in [3.05, 3.63) is 53.8 Å². The molecule has 0 bridgehead atoms. The zero-order valence-corrected chi connectivity index (χ0v) is 13.3. The Morgan fingerprint density at radius 3 is 2.83 bits per heavy atom. The van der Waals surface area contributed by atoms with Crippen LogP contribution in [0.25, 0.3) is 0 Å². The zero-order valence-electron chi connectivity index (χ0n) is 12.6. The molecule has 1 heterocycles. The maximum absolute atomic E-state index is 13.9. The fourth-order valence-corrected chi connectivity index (χ4v) is 2.51. The summed E-state index contributed by atoms with van der Waals surface area (Å²) >= 11 is 5.48. The average Bonchev–Trinajstić information content (AvgIpc) is 2.59. The minimum atomic E-state index is -0.384. The van der Waals surface area contributed by atoms with Gasteiger partial charge in [-0.05, 0) is 24.3 Å². The number of nitrogens with zero attached hydrogens (tertiary/aromatic N) is 1. The Balaban J connectivity index is 1.93. The number of anilines is 2. The van der Waals surface area contributed by atoms with Gasteiger partial charge in [0.15, 0.2) is 6.61 Å². The number of fused-ring (bicyclic) bond motifs is 1. The highest BCUT2D eigenvalue weighted by atomic mass is 35.5. The molecule has 0 saturated heterocycles. The molecule has 2 amide bonds. The van der Waals surface area contributed by atoms with Crippen LogP contribution in [0.2, 0.25) is 0 Å². The number of carbonyl (C=O) groups is 2.